The summed E-state index contributed by atoms with van der Waals surface area (Å²) in [7, 11) is 0. The van der Waals surface area contributed by atoms with E-state index in [0.29, 0.717) is 0 Å². The van der Waals surface area contributed by atoms with Crippen molar-refractivity contribution in [1.29, 1.82) is 0 Å². The van der Waals surface area contributed by atoms with E-state index in [-0.39, 0.29) is 36.3 Å². The van der Waals surface area contributed by atoms with E-state index in [0.717, 1.165) is 17.0 Å². The van der Waals surface area contributed by atoms with Crippen molar-refractivity contribution < 1.29 is 27.6 Å². The molecule has 2 heterocycles. The predicted octanol–water partition coefficient (Wildman–Crippen LogP) is 3.12. The predicted molar refractivity (Wildman–Crippen MR) is 88.9 cm³/mol. The molecule has 0 unspecified atom stereocenters. The second-order valence-corrected chi connectivity index (χ2v) is 5.89. The number of amides is 3. The van der Waals surface area contributed by atoms with Gasteiger partial charge in [-0.3, -0.25) is 24.3 Å². The van der Waals surface area contributed by atoms with Gasteiger partial charge >= 0.3 is 6.18 Å². The third kappa shape index (κ3) is 3.97. The molecule has 27 heavy (non-hydrogen) atoms. The van der Waals surface area contributed by atoms with E-state index >= 15 is 0 Å². The van der Waals surface area contributed by atoms with Crippen LogP contribution >= 0.6 is 0 Å². The van der Waals surface area contributed by atoms with Crippen LogP contribution in [0.3, 0.4) is 0 Å². The van der Waals surface area contributed by atoms with Crippen LogP contribution in [0.1, 0.15) is 39.3 Å². The monoisotopic (exact) mass is 377 g/mol. The highest BCUT2D eigenvalue weighted by Crippen LogP contribution is 2.30. The van der Waals surface area contributed by atoms with Gasteiger partial charge in [-0.25, -0.2) is 0 Å². The molecule has 9 heteroatoms. The van der Waals surface area contributed by atoms with Gasteiger partial charge in [0.15, 0.2) is 0 Å². The maximum atomic E-state index is 12.7. The van der Waals surface area contributed by atoms with Crippen LogP contribution in [0.2, 0.25) is 0 Å². The first kappa shape index (κ1) is 18.6. The third-order valence-electron chi connectivity index (χ3n) is 3.99. The molecule has 1 aliphatic rings. The number of nitrogens with one attached hydrogen (secondary N) is 1. The molecule has 0 aliphatic carbocycles. The van der Waals surface area contributed by atoms with E-state index in [2.05, 4.69) is 10.3 Å². The van der Waals surface area contributed by atoms with Gasteiger partial charge in [-0.15, -0.1) is 0 Å². The van der Waals surface area contributed by atoms with Crippen molar-refractivity contribution in [1.82, 2.24) is 9.88 Å². The lowest BCUT2D eigenvalue weighted by Gasteiger charge is -2.13. The zero-order valence-electron chi connectivity index (χ0n) is 13.9. The maximum absolute atomic E-state index is 12.7. The molecule has 6 nitrogen and oxygen atoms in total. The molecule has 1 aliphatic heterocycles. The van der Waals surface area contributed by atoms with E-state index in [1.165, 1.54) is 24.4 Å². The van der Waals surface area contributed by atoms with E-state index in [4.69, 9.17) is 0 Å². The summed E-state index contributed by atoms with van der Waals surface area (Å²) in [6.07, 6.45) is -2.97. The Morgan fingerprint density at radius 1 is 1.11 bits per heavy atom. The van der Waals surface area contributed by atoms with Gasteiger partial charge in [0, 0.05) is 24.8 Å². The summed E-state index contributed by atoms with van der Waals surface area (Å²) >= 11 is 0. The molecular weight excluding hydrogens is 363 g/mol. The number of alkyl halides is 3. The van der Waals surface area contributed by atoms with Gasteiger partial charge in [0.25, 0.3) is 11.8 Å². The number of imide groups is 1. The van der Waals surface area contributed by atoms with Crippen molar-refractivity contribution in [3.63, 3.8) is 0 Å². The van der Waals surface area contributed by atoms with E-state index in [9.17, 15) is 27.6 Å². The molecule has 3 rings (SSSR count). The van der Waals surface area contributed by atoms with Crippen molar-refractivity contribution >= 4 is 23.4 Å². The van der Waals surface area contributed by atoms with Crippen LogP contribution in [-0.4, -0.2) is 34.2 Å². The zero-order chi connectivity index (χ0) is 19.6. The Morgan fingerprint density at radius 2 is 1.89 bits per heavy atom. The van der Waals surface area contributed by atoms with Crippen LogP contribution < -0.4 is 5.32 Å². The number of halogens is 3. The van der Waals surface area contributed by atoms with Gasteiger partial charge in [-0.05, 0) is 36.8 Å². The Bertz CT molecular complexity index is 877. The number of fused-ring (bicyclic) bond motifs is 1. The van der Waals surface area contributed by atoms with Crippen LogP contribution in [0.25, 0.3) is 0 Å². The topological polar surface area (TPSA) is 79.4 Å². The molecule has 0 saturated heterocycles. The molecule has 0 atom stereocenters. The van der Waals surface area contributed by atoms with Gasteiger partial charge in [-0.2, -0.15) is 13.2 Å². The van der Waals surface area contributed by atoms with Gasteiger partial charge in [0.2, 0.25) is 5.91 Å². The lowest BCUT2D eigenvalue weighted by molar-refractivity contribution is -0.137. The average molecular weight is 377 g/mol. The van der Waals surface area contributed by atoms with Crippen LogP contribution in [0.15, 0.2) is 42.6 Å². The van der Waals surface area contributed by atoms with E-state index in [1.54, 1.807) is 6.07 Å². The first-order chi connectivity index (χ1) is 12.8. The van der Waals surface area contributed by atoms with Gasteiger partial charge < -0.3 is 5.32 Å². The zero-order valence-corrected chi connectivity index (χ0v) is 13.9. The highest BCUT2D eigenvalue weighted by Gasteiger charge is 2.36. The van der Waals surface area contributed by atoms with Crippen molar-refractivity contribution in [3.8, 4) is 0 Å². The Kier molecular flexibility index (Phi) is 4.93. The minimum atomic E-state index is -4.50. The lowest BCUT2D eigenvalue weighted by Crippen LogP contribution is -2.31. The van der Waals surface area contributed by atoms with E-state index in [1.807, 2.05) is 0 Å². The summed E-state index contributed by atoms with van der Waals surface area (Å²) in [5.74, 6) is -1.50. The number of benzene rings is 1. The van der Waals surface area contributed by atoms with Crippen molar-refractivity contribution in [2.24, 2.45) is 0 Å². The van der Waals surface area contributed by atoms with Crippen LogP contribution in [0, 0.1) is 0 Å². The number of nitrogens with zero attached hydrogens (tertiary/aromatic N) is 2. The fourth-order valence-corrected chi connectivity index (χ4v) is 2.71. The third-order valence-corrected chi connectivity index (χ3v) is 3.99. The molecule has 2 aromatic rings. The molecular formula is C18H14F3N3O3. The Labute approximate surface area is 152 Å². The number of anilines is 1. The smallest absolute Gasteiger partial charge is 0.326 e. The quantitative estimate of drug-likeness (QED) is 0.812. The molecule has 3 amide bonds. The minimum Gasteiger partial charge on any atom is -0.326 e. The van der Waals surface area contributed by atoms with E-state index < -0.39 is 29.5 Å². The molecule has 1 aromatic heterocycles. The molecule has 0 spiro atoms. The second kappa shape index (κ2) is 7.18. The highest BCUT2D eigenvalue weighted by atomic mass is 19.4. The lowest BCUT2D eigenvalue weighted by atomic mass is 10.2. The Morgan fingerprint density at radius 3 is 2.59 bits per heavy atom. The van der Waals surface area contributed by atoms with Crippen LogP contribution in [0.5, 0.6) is 0 Å². The first-order valence-corrected chi connectivity index (χ1v) is 8.05. The minimum absolute atomic E-state index is 0.0179. The average Bonchev–Trinajstić information content (AvgIpc) is 2.86. The summed E-state index contributed by atoms with van der Waals surface area (Å²) < 4.78 is 38.0. The molecule has 0 bridgehead atoms. The molecule has 0 saturated carbocycles. The molecule has 0 fully saturated rings. The molecule has 140 valence electrons. The van der Waals surface area contributed by atoms with Crippen LogP contribution in [-0.2, 0) is 11.0 Å². The molecule has 1 aromatic carbocycles. The van der Waals surface area contributed by atoms with Crippen molar-refractivity contribution in [3.05, 3.63) is 59.4 Å². The maximum Gasteiger partial charge on any atom is 0.416 e. The molecule has 0 radical (unpaired) electrons. The summed E-state index contributed by atoms with van der Waals surface area (Å²) in [6, 6.07) is 7.35. The van der Waals surface area contributed by atoms with Crippen LogP contribution in [0.4, 0.5) is 18.9 Å². The number of hydrogen-bond acceptors (Lipinski definition) is 4. The largest absolute Gasteiger partial charge is 0.416 e. The number of carbonyl (C=O) groups excluding carboxylic acids is 3. The molecule has 1 N–H and O–H groups in total. The number of hydrogen-bond donors (Lipinski definition) is 1. The Hall–Kier alpha value is -3.23. The van der Waals surface area contributed by atoms with Gasteiger partial charge in [0.1, 0.15) is 5.69 Å². The van der Waals surface area contributed by atoms with Gasteiger partial charge in [-0.1, -0.05) is 6.07 Å². The number of pyridine rings is 1. The Balaban J connectivity index is 1.54. The summed E-state index contributed by atoms with van der Waals surface area (Å²) in [4.78, 5) is 41.1. The highest BCUT2D eigenvalue weighted by molar-refractivity contribution is 6.20. The fraction of sp³-hybridized carbons (Fsp3) is 0.222. The SMILES string of the molecule is O=C(CCCN1C(=O)c2cccnc2C1=O)Nc1cccc(C(F)(F)F)c1. The summed E-state index contributed by atoms with van der Waals surface area (Å²) in [5.41, 5.74) is -0.537. The second-order valence-electron chi connectivity index (χ2n) is 5.89. The first-order valence-electron chi connectivity index (χ1n) is 8.05. The van der Waals surface area contributed by atoms with Crippen molar-refractivity contribution in [2.45, 2.75) is 19.0 Å². The fourth-order valence-electron chi connectivity index (χ4n) is 2.71. The number of carbonyl (C=O) groups is 3. The standard InChI is InChI=1S/C18H14F3N3O3/c19-18(20,21)11-4-1-5-12(10-11)23-14(25)7-3-9-24-16(26)13-6-2-8-22-15(13)17(24)27/h1-2,4-6,8,10H,3,7,9H2,(H,23,25). The van der Waals surface area contributed by atoms with Gasteiger partial charge in [0.05, 0.1) is 11.1 Å². The van der Waals surface area contributed by atoms with Crippen molar-refractivity contribution in [2.75, 3.05) is 11.9 Å². The normalized spacial score (nSPS) is 13.7. The number of aromatic nitrogens is 1. The summed E-state index contributed by atoms with van der Waals surface area (Å²) in [6.45, 7) is 0.0179. The summed E-state index contributed by atoms with van der Waals surface area (Å²) in [5, 5.41) is 2.38. The number of rotatable bonds is 5.